The monoisotopic (exact) mass is 476 g/mol. The summed E-state index contributed by atoms with van der Waals surface area (Å²) in [5, 5.41) is 0. The van der Waals surface area contributed by atoms with E-state index in [2.05, 4.69) is 9.80 Å². The molecule has 0 spiro atoms. The molecular weight excluding hydrogens is 458 g/mol. The molecule has 2 saturated heterocycles. The van der Waals surface area contributed by atoms with Crippen LogP contribution in [0.5, 0.6) is 0 Å². The third-order valence-electron chi connectivity index (χ3n) is 3.23. The van der Waals surface area contributed by atoms with Crippen LogP contribution in [0.2, 0.25) is 0 Å². The summed E-state index contributed by atoms with van der Waals surface area (Å²) in [6.07, 6.45) is 7.73. The first-order valence-electron chi connectivity index (χ1n) is 6.53. The van der Waals surface area contributed by atoms with Crippen LogP contribution in [0.15, 0.2) is 0 Å². The molecule has 2 fully saturated rings. The van der Waals surface area contributed by atoms with E-state index in [0.717, 1.165) is 26.2 Å². The number of hydrogen-bond acceptors (Lipinski definition) is 4. The smallest absolute Gasteiger partial charge is 1.00 e. The van der Waals surface area contributed by atoms with Gasteiger partial charge in [0.1, 0.15) is 0 Å². The third kappa shape index (κ3) is 10.1. The molecule has 8 heteroatoms. The van der Waals surface area contributed by atoms with E-state index in [1.807, 2.05) is 0 Å². The predicted octanol–water partition coefficient (Wildman–Crippen LogP) is -0.769. The van der Waals surface area contributed by atoms with E-state index >= 15 is 0 Å². The van der Waals surface area contributed by atoms with Crippen molar-refractivity contribution in [3.05, 3.63) is 0 Å². The Hall–Kier alpha value is 1.33. The minimum absolute atomic E-state index is 0. The maximum atomic E-state index is 4.86. The van der Waals surface area contributed by atoms with Gasteiger partial charge in [0, 0.05) is 26.2 Å². The quantitative estimate of drug-likeness (QED) is 0.255. The van der Waals surface area contributed by atoms with E-state index < -0.39 is 0 Å². The third-order valence-corrected chi connectivity index (χ3v) is 4.26. The van der Waals surface area contributed by atoms with Gasteiger partial charge in [-0.3, -0.25) is 0 Å². The topological polar surface area (TPSA) is 6.48 Å². The molecule has 0 saturated carbocycles. The summed E-state index contributed by atoms with van der Waals surface area (Å²) in [6.45, 7) is 4.34. The van der Waals surface area contributed by atoms with Crippen LogP contribution in [0.3, 0.4) is 0 Å². The van der Waals surface area contributed by atoms with Crippen LogP contribution < -0.4 is 12.4 Å². The summed E-state index contributed by atoms with van der Waals surface area (Å²) in [5.74, 6) is 0. The molecule has 2 aliphatic heterocycles. The van der Waals surface area contributed by atoms with Gasteiger partial charge in [0.05, 0.1) is 0 Å². The molecule has 0 amide bonds. The Morgan fingerprint density at radius 2 is 0.900 bits per heavy atom. The summed E-state index contributed by atoms with van der Waals surface area (Å²) in [4.78, 5) is 4.21. The number of likely N-dealkylation sites (tertiary alicyclic amines) is 2. The molecule has 0 aromatic heterocycles. The van der Waals surface area contributed by atoms with Gasteiger partial charge in [-0.25, -0.2) is 0 Å². The zero-order valence-electron chi connectivity index (χ0n) is 11.4. The van der Waals surface area contributed by atoms with Crippen LogP contribution in [0.4, 0.5) is 0 Å². The average Bonchev–Trinajstić information content (AvgIpc) is 2.41. The first-order valence-corrected chi connectivity index (χ1v) is 8.16. The number of rotatable bonds is 0. The van der Waals surface area contributed by atoms with E-state index in [0.29, 0.717) is 8.64 Å². The van der Waals surface area contributed by atoms with Crippen LogP contribution in [0, 0.1) is 0 Å². The first kappa shape index (κ1) is 23.6. The van der Waals surface area contributed by atoms with E-state index in [-0.39, 0.29) is 36.8 Å². The molecule has 0 bridgehead atoms. The largest absolute Gasteiger partial charge is 3.00 e. The fourth-order valence-corrected chi connectivity index (χ4v) is 2.88. The number of halogens is 1. The van der Waals surface area contributed by atoms with Crippen LogP contribution >= 0.6 is 24.4 Å². The number of piperidine rings is 2. The molecule has 2 radical (unpaired) electrons. The van der Waals surface area contributed by atoms with Gasteiger partial charge in [0.2, 0.25) is 0 Å². The van der Waals surface area contributed by atoms with Crippen LogP contribution in [0.1, 0.15) is 38.5 Å². The van der Waals surface area contributed by atoms with Crippen molar-refractivity contribution < 1.29 is 12.4 Å². The van der Waals surface area contributed by atoms with Gasteiger partial charge >= 0.3 is 24.4 Å². The fourth-order valence-electron chi connectivity index (χ4n) is 2.15. The molecule has 114 valence electrons. The van der Waals surface area contributed by atoms with Gasteiger partial charge in [-0.2, -0.15) is 0 Å². The summed E-state index contributed by atoms with van der Waals surface area (Å²) in [7, 11) is 0. The number of nitrogens with zero attached hydrogens (tertiary/aromatic N) is 2. The molecule has 0 aliphatic carbocycles. The van der Waals surface area contributed by atoms with Gasteiger partial charge in [0.15, 0.2) is 0 Å². The Balaban J connectivity index is 0. The van der Waals surface area contributed by atoms with Crippen molar-refractivity contribution in [2.75, 3.05) is 26.2 Å². The molecule has 0 aromatic rings. The van der Waals surface area contributed by atoms with Crippen LogP contribution in [-0.2, 0) is 25.3 Å². The molecule has 0 aromatic carbocycles. The second kappa shape index (κ2) is 14.0. The molecule has 2 nitrogen and oxygen atoms in total. The number of hydrogen-bond donors (Lipinski definition) is 0. The standard InChI is InChI=1S/2C6H11NS2.ClH.Sb/c2*8-6(9)7-4-2-1-3-5-7;;/h2*1-5H2,(H,8,9);1H;/q;;;+3/p-3. The van der Waals surface area contributed by atoms with E-state index in [1.54, 1.807) is 0 Å². The Morgan fingerprint density at radius 1 is 0.650 bits per heavy atom. The minimum atomic E-state index is 0. The van der Waals surface area contributed by atoms with Crippen molar-refractivity contribution in [2.45, 2.75) is 38.5 Å². The molecule has 0 atom stereocenters. The minimum Gasteiger partial charge on any atom is -1.00 e. The summed E-state index contributed by atoms with van der Waals surface area (Å²) in [6, 6.07) is 0. The van der Waals surface area contributed by atoms with Crippen molar-refractivity contribution >= 4 is 82.8 Å². The second-order valence-corrected chi connectivity index (χ2v) is 6.69. The Kier molecular flexibility index (Phi) is 16.5. The molecular formula is C12H20ClN2S4Sb. The van der Waals surface area contributed by atoms with Crippen LogP contribution in [-0.4, -0.2) is 69.0 Å². The molecule has 2 heterocycles. The zero-order chi connectivity index (χ0) is 13.4. The maximum absolute atomic E-state index is 4.86. The van der Waals surface area contributed by atoms with Crippen molar-refractivity contribution in [1.29, 1.82) is 0 Å². The van der Waals surface area contributed by atoms with Gasteiger partial charge in [-0.05, 0) is 38.5 Å². The SMILES string of the molecule is S=C([S-])N1CCCCC1.S=C([S-])N1CCCCC1.[Cl-].[Sb+3]. The Morgan fingerprint density at radius 3 is 1.05 bits per heavy atom. The molecule has 0 unspecified atom stereocenters. The second-order valence-electron chi connectivity index (χ2n) is 4.63. The molecule has 20 heavy (non-hydrogen) atoms. The summed E-state index contributed by atoms with van der Waals surface area (Å²) < 4.78 is 1.30. The predicted molar refractivity (Wildman–Crippen MR) is 96.5 cm³/mol. The Labute approximate surface area is 168 Å². The van der Waals surface area contributed by atoms with Crippen molar-refractivity contribution in [3.63, 3.8) is 0 Å². The maximum Gasteiger partial charge on any atom is 3.00 e. The molecule has 2 rings (SSSR count). The fraction of sp³-hybridized carbons (Fsp3) is 0.833. The van der Waals surface area contributed by atoms with Gasteiger partial charge in [-0.1, -0.05) is 8.64 Å². The zero-order valence-corrected chi connectivity index (χ0v) is 18.0. The molecule has 2 aliphatic rings. The van der Waals surface area contributed by atoms with Gasteiger partial charge in [0.25, 0.3) is 0 Å². The Bertz CT molecular complexity index is 255. The average molecular weight is 478 g/mol. The van der Waals surface area contributed by atoms with Crippen LogP contribution in [0.25, 0.3) is 0 Å². The van der Waals surface area contributed by atoms with E-state index in [9.17, 15) is 0 Å². The van der Waals surface area contributed by atoms with Gasteiger partial charge < -0.3 is 71.9 Å². The van der Waals surface area contributed by atoms with Crippen molar-refractivity contribution in [1.82, 2.24) is 9.80 Å². The van der Waals surface area contributed by atoms with E-state index in [1.165, 1.54) is 38.5 Å². The summed E-state index contributed by atoms with van der Waals surface area (Å²) in [5.41, 5.74) is 0. The molecule has 0 N–H and O–H groups in total. The van der Waals surface area contributed by atoms with Crippen molar-refractivity contribution in [3.8, 4) is 0 Å². The normalized spacial score (nSPS) is 17.8. The number of thiocarbonyl (C=S) groups is 2. The van der Waals surface area contributed by atoms with Gasteiger partial charge in [-0.15, -0.1) is 0 Å². The first-order chi connectivity index (χ1) is 8.61. The van der Waals surface area contributed by atoms with Crippen molar-refractivity contribution in [2.24, 2.45) is 0 Å². The summed E-state index contributed by atoms with van der Waals surface area (Å²) >= 11 is 19.4. The van der Waals surface area contributed by atoms with E-state index in [4.69, 9.17) is 49.7 Å².